The van der Waals surface area contributed by atoms with E-state index in [2.05, 4.69) is 55.3 Å². The molecule has 2 atom stereocenters. The van der Waals surface area contributed by atoms with E-state index >= 15 is 0 Å². The van der Waals surface area contributed by atoms with Crippen LogP contribution in [-0.4, -0.2) is 31.1 Å². The third-order valence-corrected chi connectivity index (χ3v) is 4.42. The third kappa shape index (κ3) is 4.05. The summed E-state index contributed by atoms with van der Waals surface area (Å²) in [6.07, 6.45) is 2.47. The maximum Gasteiger partial charge on any atom is 0.0291 e. The molecule has 1 N–H and O–H groups in total. The minimum absolute atomic E-state index is 0.460. The first-order valence-corrected chi connectivity index (χ1v) is 7.77. The monoisotopic (exact) mass is 260 g/mol. The number of nitrogens with one attached hydrogen (secondary N) is 1. The highest BCUT2D eigenvalue weighted by Gasteiger charge is 2.21. The van der Waals surface area contributed by atoms with Gasteiger partial charge in [0.2, 0.25) is 0 Å². The first-order valence-electron chi connectivity index (χ1n) is 7.77. The van der Waals surface area contributed by atoms with Crippen LogP contribution in [0.4, 0.5) is 0 Å². The molecule has 2 rings (SSSR count). The second-order valence-electron chi connectivity index (χ2n) is 5.77. The van der Waals surface area contributed by atoms with Gasteiger partial charge in [-0.25, -0.2) is 0 Å². The Bertz CT molecular complexity index is 371. The van der Waals surface area contributed by atoms with Crippen LogP contribution in [0.5, 0.6) is 0 Å². The van der Waals surface area contributed by atoms with E-state index in [-0.39, 0.29) is 0 Å². The van der Waals surface area contributed by atoms with Crippen LogP contribution in [0.2, 0.25) is 0 Å². The second kappa shape index (κ2) is 7.06. The lowest BCUT2D eigenvalue weighted by Crippen LogP contribution is -2.28. The number of aryl methyl sites for hydroxylation is 1. The zero-order valence-corrected chi connectivity index (χ0v) is 12.7. The predicted octanol–water partition coefficient (Wildman–Crippen LogP) is 3.24. The summed E-state index contributed by atoms with van der Waals surface area (Å²) in [4.78, 5) is 2.55. The first-order chi connectivity index (χ1) is 9.22. The van der Waals surface area contributed by atoms with Crippen molar-refractivity contribution in [2.24, 2.45) is 5.92 Å². The van der Waals surface area contributed by atoms with Gasteiger partial charge < -0.3 is 10.2 Å². The largest absolute Gasteiger partial charge is 0.310 e. The molecule has 0 saturated carbocycles. The standard InChI is InChI=1S/C17H28N2/c1-4-15-6-8-17(9-7-15)14(3)18-12-16-10-11-19(5-2)13-16/h6-9,14,16,18H,4-5,10-13H2,1-3H3. The quantitative estimate of drug-likeness (QED) is 0.844. The maximum atomic E-state index is 3.70. The number of benzene rings is 1. The van der Waals surface area contributed by atoms with Gasteiger partial charge in [0.15, 0.2) is 0 Å². The molecule has 2 heteroatoms. The molecule has 0 aliphatic carbocycles. The van der Waals surface area contributed by atoms with E-state index in [9.17, 15) is 0 Å². The van der Waals surface area contributed by atoms with E-state index in [1.165, 1.54) is 37.2 Å². The van der Waals surface area contributed by atoms with Crippen molar-refractivity contribution in [1.82, 2.24) is 10.2 Å². The summed E-state index contributed by atoms with van der Waals surface area (Å²) in [5, 5.41) is 3.70. The highest BCUT2D eigenvalue weighted by molar-refractivity contribution is 5.24. The van der Waals surface area contributed by atoms with Crippen molar-refractivity contribution in [3.05, 3.63) is 35.4 Å². The van der Waals surface area contributed by atoms with Crippen molar-refractivity contribution in [2.45, 2.75) is 39.7 Å². The summed E-state index contributed by atoms with van der Waals surface area (Å²) in [5.41, 5.74) is 2.83. The van der Waals surface area contributed by atoms with Crippen molar-refractivity contribution < 1.29 is 0 Å². The lowest BCUT2D eigenvalue weighted by molar-refractivity contribution is 0.336. The molecule has 106 valence electrons. The Kier molecular flexibility index (Phi) is 5.41. The molecular weight excluding hydrogens is 232 g/mol. The smallest absolute Gasteiger partial charge is 0.0291 e. The van der Waals surface area contributed by atoms with Crippen LogP contribution in [0.15, 0.2) is 24.3 Å². The molecule has 0 aromatic heterocycles. The first kappa shape index (κ1) is 14.5. The molecule has 2 nitrogen and oxygen atoms in total. The van der Waals surface area contributed by atoms with Crippen LogP contribution < -0.4 is 5.32 Å². The molecule has 0 bridgehead atoms. The Morgan fingerprint density at radius 3 is 2.58 bits per heavy atom. The van der Waals surface area contributed by atoms with Crippen molar-refractivity contribution in [3.63, 3.8) is 0 Å². The van der Waals surface area contributed by atoms with Crippen molar-refractivity contribution in [3.8, 4) is 0 Å². The van der Waals surface area contributed by atoms with Gasteiger partial charge in [0.25, 0.3) is 0 Å². The molecule has 0 radical (unpaired) electrons. The summed E-state index contributed by atoms with van der Waals surface area (Å²) in [7, 11) is 0. The van der Waals surface area contributed by atoms with Gasteiger partial charge in [-0.05, 0) is 56.4 Å². The lowest BCUT2D eigenvalue weighted by Gasteiger charge is -2.18. The Labute approximate surface area is 118 Å². The van der Waals surface area contributed by atoms with Gasteiger partial charge >= 0.3 is 0 Å². The van der Waals surface area contributed by atoms with Gasteiger partial charge in [-0.1, -0.05) is 38.1 Å². The van der Waals surface area contributed by atoms with E-state index in [4.69, 9.17) is 0 Å². The highest BCUT2D eigenvalue weighted by Crippen LogP contribution is 2.18. The summed E-state index contributed by atoms with van der Waals surface area (Å²) in [6.45, 7) is 11.6. The molecule has 1 aromatic rings. The van der Waals surface area contributed by atoms with Crippen molar-refractivity contribution >= 4 is 0 Å². The molecule has 1 fully saturated rings. The second-order valence-corrected chi connectivity index (χ2v) is 5.77. The predicted molar refractivity (Wildman–Crippen MR) is 82.5 cm³/mol. The Morgan fingerprint density at radius 1 is 1.26 bits per heavy atom. The Morgan fingerprint density at radius 2 is 2.00 bits per heavy atom. The zero-order chi connectivity index (χ0) is 13.7. The van der Waals surface area contributed by atoms with E-state index in [1.54, 1.807) is 0 Å². The van der Waals surface area contributed by atoms with Crippen molar-refractivity contribution in [2.75, 3.05) is 26.2 Å². The average molecular weight is 260 g/mol. The zero-order valence-electron chi connectivity index (χ0n) is 12.7. The molecule has 0 spiro atoms. The van der Waals surface area contributed by atoms with Crippen LogP contribution in [0.1, 0.15) is 44.4 Å². The van der Waals surface area contributed by atoms with E-state index in [0.29, 0.717) is 6.04 Å². The van der Waals surface area contributed by atoms with Crippen LogP contribution in [0.25, 0.3) is 0 Å². The molecule has 0 amide bonds. The summed E-state index contributed by atoms with van der Waals surface area (Å²) >= 11 is 0. The van der Waals surface area contributed by atoms with E-state index in [1.807, 2.05) is 0 Å². The van der Waals surface area contributed by atoms with Gasteiger partial charge in [-0.15, -0.1) is 0 Å². The molecule has 2 unspecified atom stereocenters. The number of hydrogen-bond donors (Lipinski definition) is 1. The van der Waals surface area contributed by atoms with Gasteiger partial charge in [0.05, 0.1) is 0 Å². The topological polar surface area (TPSA) is 15.3 Å². The highest BCUT2D eigenvalue weighted by atomic mass is 15.1. The van der Waals surface area contributed by atoms with Crippen LogP contribution in [0, 0.1) is 5.92 Å². The normalized spacial score (nSPS) is 21.7. The fourth-order valence-electron chi connectivity index (χ4n) is 2.87. The average Bonchev–Trinajstić information content (AvgIpc) is 2.93. The number of nitrogens with zero attached hydrogens (tertiary/aromatic N) is 1. The van der Waals surface area contributed by atoms with Gasteiger partial charge in [-0.3, -0.25) is 0 Å². The molecule has 1 heterocycles. The lowest BCUT2D eigenvalue weighted by atomic mass is 10.0. The van der Waals surface area contributed by atoms with Gasteiger partial charge in [0.1, 0.15) is 0 Å². The van der Waals surface area contributed by atoms with Crippen LogP contribution in [0.3, 0.4) is 0 Å². The van der Waals surface area contributed by atoms with E-state index in [0.717, 1.165) is 18.9 Å². The van der Waals surface area contributed by atoms with Crippen LogP contribution >= 0.6 is 0 Å². The summed E-state index contributed by atoms with van der Waals surface area (Å²) in [5.74, 6) is 0.831. The van der Waals surface area contributed by atoms with E-state index < -0.39 is 0 Å². The Balaban J connectivity index is 1.79. The van der Waals surface area contributed by atoms with Crippen LogP contribution in [-0.2, 0) is 6.42 Å². The van der Waals surface area contributed by atoms with Gasteiger partial charge in [0, 0.05) is 12.6 Å². The van der Waals surface area contributed by atoms with Gasteiger partial charge in [-0.2, -0.15) is 0 Å². The third-order valence-electron chi connectivity index (χ3n) is 4.42. The SMILES string of the molecule is CCc1ccc(C(C)NCC2CCN(CC)C2)cc1. The fraction of sp³-hybridized carbons (Fsp3) is 0.647. The molecule has 1 saturated heterocycles. The minimum atomic E-state index is 0.460. The molecular formula is C17H28N2. The molecule has 1 aromatic carbocycles. The summed E-state index contributed by atoms with van der Waals surface area (Å²) in [6, 6.07) is 9.50. The van der Waals surface area contributed by atoms with Crippen molar-refractivity contribution in [1.29, 1.82) is 0 Å². The maximum absolute atomic E-state index is 3.70. The molecule has 19 heavy (non-hydrogen) atoms. The molecule has 1 aliphatic heterocycles. The molecule has 1 aliphatic rings. The Hall–Kier alpha value is -0.860. The fourth-order valence-corrected chi connectivity index (χ4v) is 2.87. The number of rotatable bonds is 6. The number of hydrogen-bond acceptors (Lipinski definition) is 2. The minimum Gasteiger partial charge on any atom is -0.310 e. The number of likely N-dealkylation sites (tertiary alicyclic amines) is 1. The summed E-state index contributed by atoms with van der Waals surface area (Å²) < 4.78 is 0.